The molecule has 0 radical (unpaired) electrons. The molecule has 0 saturated carbocycles. The Hall–Kier alpha value is -0.990. The van der Waals surface area contributed by atoms with Crippen molar-refractivity contribution < 1.29 is 42.1 Å². The van der Waals surface area contributed by atoms with E-state index in [1.54, 1.807) is 0 Å². The van der Waals surface area contributed by atoms with Gasteiger partial charge in [-0.25, -0.2) is 0 Å². The molecular formula is C39H78NO8P. The zero-order valence-corrected chi connectivity index (χ0v) is 33.6. The van der Waals surface area contributed by atoms with Gasteiger partial charge in [0.15, 0.2) is 6.10 Å². The first kappa shape index (κ1) is 48.0. The highest BCUT2D eigenvalue weighted by atomic mass is 31.2. The van der Waals surface area contributed by atoms with Crippen LogP contribution in [0.5, 0.6) is 0 Å². The highest BCUT2D eigenvalue weighted by molar-refractivity contribution is 7.45. The van der Waals surface area contributed by atoms with E-state index in [0.29, 0.717) is 17.4 Å². The van der Waals surface area contributed by atoms with Crippen molar-refractivity contribution in [2.75, 3.05) is 47.5 Å². The minimum atomic E-state index is -4.61. The van der Waals surface area contributed by atoms with Crippen LogP contribution in [0.2, 0.25) is 0 Å². The summed E-state index contributed by atoms with van der Waals surface area (Å²) in [5.41, 5.74) is 0. The number of esters is 2. The molecule has 0 rings (SSSR count). The Kier molecular flexibility index (Phi) is 32.2. The number of hydrogen-bond donors (Lipinski definition) is 0. The first-order chi connectivity index (χ1) is 23.5. The number of phosphoric ester groups is 1. The van der Waals surface area contributed by atoms with Crippen LogP contribution in [0.3, 0.4) is 0 Å². The Morgan fingerprint density at radius 2 is 0.918 bits per heavy atom. The molecule has 49 heavy (non-hydrogen) atoms. The average molecular weight is 720 g/mol. The minimum absolute atomic E-state index is 0.0260. The first-order valence-electron chi connectivity index (χ1n) is 20.2. The summed E-state index contributed by atoms with van der Waals surface area (Å²) in [5.74, 6) is -0.825. The molecule has 10 heteroatoms. The average Bonchev–Trinajstić information content (AvgIpc) is 3.04. The number of quaternary nitrogens is 1. The van der Waals surface area contributed by atoms with Crippen LogP contribution in [0, 0.1) is 0 Å². The fourth-order valence-electron chi connectivity index (χ4n) is 5.65. The van der Waals surface area contributed by atoms with Gasteiger partial charge in [0.05, 0.1) is 27.7 Å². The number of carbonyl (C=O) groups excluding carboxylic acids is 2. The summed E-state index contributed by atoms with van der Waals surface area (Å²) in [6.07, 6.45) is 29.8. The number of rotatable bonds is 37. The molecule has 0 aromatic rings. The van der Waals surface area contributed by atoms with Gasteiger partial charge >= 0.3 is 11.9 Å². The maximum atomic E-state index is 12.6. The summed E-state index contributed by atoms with van der Waals surface area (Å²) in [6.45, 7) is 4.23. The van der Waals surface area contributed by atoms with Crippen molar-refractivity contribution in [2.24, 2.45) is 0 Å². The number of nitrogens with zero attached hydrogens (tertiary/aromatic N) is 1. The molecule has 0 fully saturated rings. The van der Waals surface area contributed by atoms with Gasteiger partial charge in [0.25, 0.3) is 7.82 Å². The van der Waals surface area contributed by atoms with Gasteiger partial charge in [0.1, 0.15) is 19.8 Å². The number of ether oxygens (including phenoxy) is 2. The second-order valence-corrected chi connectivity index (χ2v) is 16.4. The lowest BCUT2D eigenvalue weighted by Crippen LogP contribution is -2.37. The lowest BCUT2D eigenvalue weighted by atomic mass is 10.0. The largest absolute Gasteiger partial charge is 0.756 e. The van der Waals surface area contributed by atoms with Crippen molar-refractivity contribution in [1.82, 2.24) is 0 Å². The lowest BCUT2D eigenvalue weighted by Gasteiger charge is -2.28. The maximum absolute atomic E-state index is 12.6. The SMILES string of the molecule is CCCCCCCCCCCCCCCC(=O)OC[C@H](COP(=O)([O-])OCC[N+](C)(C)C)OC(=O)CCCCCCCCCCCCCC. The van der Waals surface area contributed by atoms with Crippen LogP contribution in [0.15, 0.2) is 0 Å². The third-order valence-electron chi connectivity index (χ3n) is 8.88. The summed E-state index contributed by atoms with van der Waals surface area (Å²) in [5, 5.41) is 0. The first-order valence-corrected chi connectivity index (χ1v) is 21.7. The predicted octanol–water partition coefficient (Wildman–Crippen LogP) is 10.2. The lowest BCUT2D eigenvalue weighted by molar-refractivity contribution is -0.870. The van der Waals surface area contributed by atoms with Crippen LogP contribution in [0.4, 0.5) is 0 Å². The van der Waals surface area contributed by atoms with E-state index in [1.807, 2.05) is 21.1 Å². The third-order valence-corrected chi connectivity index (χ3v) is 9.84. The second kappa shape index (κ2) is 32.9. The van der Waals surface area contributed by atoms with E-state index in [0.717, 1.165) is 32.1 Å². The van der Waals surface area contributed by atoms with Crippen LogP contribution in [0.1, 0.15) is 187 Å². The molecule has 0 aliphatic heterocycles. The van der Waals surface area contributed by atoms with Crippen LogP contribution in [0.25, 0.3) is 0 Å². The van der Waals surface area contributed by atoms with E-state index in [-0.39, 0.29) is 32.0 Å². The number of carbonyl (C=O) groups is 2. The molecule has 0 aromatic heterocycles. The van der Waals surface area contributed by atoms with Crippen LogP contribution in [-0.4, -0.2) is 70.0 Å². The summed E-state index contributed by atoms with van der Waals surface area (Å²) >= 11 is 0. The highest BCUT2D eigenvalue weighted by Crippen LogP contribution is 2.38. The Morgan fingerprint density at radius 1 is 0.551 bits per heavy atom. The van der Waals surface area contributed by atoms with Gasteiger partial charge in [-0.3, -0.25) is 14.2 Å². The van der Waals surface area contributed by atoms with E-state index in [2.05, 4.69) is 13.8 Å². The summed E-state index contributed by atoms with van der Waals surface area (Å²) in [7, 11) is 1.18. The predicted molar refractivity (Wildman–Crippen MR) is 199 cm³/mol. The van der Waals surface area contributed by atoms with Crippen molar-refractivity contribution in [3.8, 4) is 0 Å². The molecule has 292 valence electrons. The second-order valence-electron chi connectivity index (χ2n) is 15.0. The third kappa shape index (κ3) is 36.6. The van der Waals surface area contributed by atoms with Gasteiger partial charge < -0.3 is 27.9 Å². The van der Waals surface area contributed by atoms with Gasteiger partial charge in [-0.05, 0) is 12.8 Å². The van der Waals surface area contributed by atoms with Gasteiger partial charge in [0.2, 0.25) is 0 Å². The molecule has 0 N–H and O–H groups in total. The van der Waals surface area contributed by atoms with Crippen molar-refractivity contribution in [2.45, 2.75) is 193 Å². The maximum Gasteiger partial charge on any atom is 0.306 e. The Morgan fingerprint density at radius 3 is 1.31 bits per heavy atom. The van der Waals surface area contributed by atoms with E-state index < -0.39 is 26.5 Å². The van der Waals surface area contributed by atoms with E-state index in [4.69, 9.17) is 18.5 Å². The molecular weight excluding hydrogens is 641 g/mol. The molecule has 0 heterocycles. The summed E-state index contributed by atoms with van der Waals surface area (Å²) in [6, 6.07) is 0. The molecule has 9 nitrogen and oxygen atoms in total. The fraction of sp³-hybridized carbons (Fsp3) is 0.949. The molecule has 0 aliphatic rings. The smallest absolute Gasteiger partial charge is 0.306 e. The topological polar surface area (TPSA) is 111 Å². The fourth-order valence-corrected chi connectivity index (χ4v) is 6.38. The zero-order chi connectivity index (χ0) is 36.5. The molecule has 1 unspecified atom stereocenters. The van der Waals surface area contributed by atoms with E-state index in [9.17, 15) is 19.0 Å². The van der Waals surface area contributed by atoms with Crippen LogP contribution < -0.4 is 4.89 Å². The Labute approximate surface area is 302 Å². The van der Waals surface area contributed by atoms with Crippen molar-refractivity contribution in [3.05, 3.63) is 0 Å². The quantitative estimate of drug-likeness (QED) is 0.0270. The van der Waals surface area contributed by atoms with Crippen molar-refractivity contribution in [3.63, 3.8) is 0 Å². The van der Waals surface area contributed by atoms with Crippen LogP contribution in [-0.2, 0) is 32.7 Å². The van der Waals surface area contributed by atoms with Crippen molar-refractivity contribution >= 4 is 19.8 Å². The molecule has 0 spiro atoms. The van der Waals surface area contributed by atoms with E-state index in [1.165, 1.54) is 122 Å². The normalized spacial score (nSPS) is 13.7. The number of phosphoric acid groups is 1. The number of likely N-dealkylation sites (N-methyl/N-ethyl adjacent to an activating group) is 1. The zero-order valence-electron chi connectivity index (χ0n) is 32.7. The molecule has 0 bridgehead atoms. The van der Waals surface area contributed by atoms with Gasteiger partial charge in [-0.2, -0.15) is 0 Å². The number of unbranched alkanes of at least 4 members (excludes halogenated alkanes) is 23. The molecule has 2 atom stereocenters. The standard InChI is InChI=1S/C39H78NO8P/c1-6-8-10-12-14-16-18-20-22-23-25-27-29-31-38(41)45-35-37(36-47-49(43,44)46-34-33-40(3,4)5)48-39(42)32-30-28-26-24-21-19-17-15-13-11-9-7-2/h37H,6-36H2,1-5H3/t37-/m1/s1. The molecule has 0 saturated heterocycles. The molecule has 0 amide bonds. The van der Waals surface area contributed by atoms with E-state index >= 15 is 0 Å². The minimum Gasteiger partial charge on any atom is -0.756 e. The summed E-state index contributed by atoms with van der Waals surface area (Å²) < 4.78 is 33.8. The highest BCUT2D eigenvalue weighted by Gasteiger charge is 2.21. The molecule has 0 aliphatic carbocycles. The van der Waals surface area contributed by atoms with Gasteiger partial charge in [-0.15, -0.1) is 0 Å². The van der Waals surface area contributed by atoms with Crippen molar-refractivity contribution in [1.29, 1.82) is 0 Å². The monoisotopic (exact) mass is 720 g/mol. The Balaban J connectivity index is 4.38. The van der Waals surface area contributed by atoms with Gasteiger partial charge in [-0.1, -0.05) is 162 Å². The van der Waals surface area contributed by atoms with Gasteiger partial charge in [0, 0.05) is 12.8 Å². The molecule has 0 aromatic carbocycles. The van der Waals surface area contributed by atoms with Crippen LogP contribution >= 0.6 is 7.82 Å². The summed E-state index contributed by atoms with van der Waals surface area (Å²) in [4.78, 5) is 37.3. The Bertz CT molecular complexity index is 819. The number of hydrogen-bond acceptors (Lipinski definition) is 8.